The van der Waals surface area contributed by atoms with Crippen molar-refractivity contribution in [3.63, 3.8) is 0 Å². The van der Waals surface area contributed by atoms with Crippen molar-refractivity contribution in [1.29, 1.82) is 0 Å². The first-order valence-corrected chi connectivity index (χ1v) is 8.34. The van der Waals surface area contributed by atoms with Crippen LogP contribution in [0.15, 0.2) is 48.5 Å². The van der Waals surface area contributed by atoms with E-state index in [0.717, 1.165) is 11.4 Å². The van der Waals surface area contributed by atoms with Gasteiger partial charge in [-0.3, -0.25) is 9.59 Å². The molecule has 2 amide bonds. The second-order valence-electron chi connectivity index (χ2n) is 6.62. The summed E-state index contributed by atoms with van der Waals surface area (Å²) in [6.07, 6.45) is 0.488. The fourth-order valence-electron chi connectivity index (χ4n) is 2.33. The molecule has 0 unspecified atom stereocenters. The van der Waals surface area contributed by atoms with Crippen LogP contribution in [0.5, 0.6) is 0 Å². The van der Waals surface area contributed by atoms with Gasteiger partial charge in [0.05, 0.1) is 0 Å². The molecule has 0 bridgehead atoms. The third-order valence-electron chi connectivity index (χ3n) is 3.67. The fourth-order valence-corrected chi connectivity index (χ4v) is 2.33. The molecule has 0 aliphatic heterocycles. The Morgan fingerprint density at radius 2 is 1.40 bits per heavy atom. The third-order valence-corrected chi connectivity index (χ3v) is 3.67. The van der Waals surface area contributed by atoms with Crippen molar-refractivity contribution in [2.45, 2.75) is 20.3 Å². The van der Waals surface area contributed by atoms with Crippen LogP contribution in [0.1, 0.15) is 30.6 Å². The van der Waals surface area contributed by atoms with Crippen molar-refractivity contribution < 1.29 is 9.59 Å². The Balaban J connectivity index is 1.96. The van der Waals surface area contributed by atoms with Crippen molar-refractivity contribution in [2.24, 2.45) is 5.92 Å². The first-order valence-electron chi connectivity index (χ1n) is 8.34. The Labute approximate surface area is 149 Å². The lowest BCUT2D eigenvalue weighted by Crippen LogP contribution is -2.14. The minimum atomic E-state index is -0.165. The molecule has 2 rings (SSSR count). The molecular weight excluding hydrogens is 314 g/mol. The van der Waals surface area contributed by atoms with Crippen molar-refractivity contribution in [2.75, 3.05) is 29.6 Å². The lowest BCUT2D eigenvalue weighted by molar-refractivity contribution is -0.116. The Morgan fingerprint density at radius 1 is 0.880 bits per heavy atom. The maximum atomic E-state index is 12.3. The van der Waals surface area contributed by atoms with Gasteiger partial charge in [0.1, 0.15) is 0 Å². The van der Waals surface area contributed by atoms with Crippen LogP contribution < -0.4 is 15.5 Å². The lowest BCUT2D eigenvalue weighted by atomic mass is 10.1. The highest BCUT2D eigenvalue weighted by Gasteiger charge is 2.08. The predicted octanol–water partition coefficient (Wildman–Crippen LogP) is 3.99. The van der Waals surface area contributed by atoms with Gasteiger partial charge in [-0.15, -0.1) is 0 Å². The molecule has 2 N–H and O–H groups in total. The van der Waals surface area contributed by atoms with E-state index in [9.17, 15) is 9.59 Å². The summed E-state index contributed by atoms with van der Waals surface area (Å²) in [5.41, 5.74) is 3.04. The summed E-state index contributed by atoms with van der Waals surface area (Å²) in [5, 5.41) is 5.70. The van der Waals surface area contributed by atoms with Crippen LogP contribution in [0.3, 0.4) is 0 Å². The highest BCUT2D eigenvalue weighted by molar-refractivity contribution is 6.04. The quantitative estimate of drug-likeness (QED) is 0.836. The van der Waals surface area contributed by atoms with Gasteiger partial charge in [0, 0.05) is 43.1 Å². The number of hydrogen-bond acceptors (Lipinski definition) is 3. The minimum absolute atomic E-state index is 0.00670. The van der Waals surface area contributed by atoms with E-state index in [4.69, 9.17) is 0 Å². The van der Waals surface area contributed by atoms with Gasteiger partial charge in [-0.2, -0.15) is 0 Å². The standard InChI is InChI=1S/C20H25N3O2/c1-14(2)13-19(24)21-16-7-9-17(10-8-16)22-20(25)15-5-11-18(12-6-15)23(3)4/h5-12,14H,13H2,1-4H3,(H,21,24)(H,22,25). The summed E-state index contributed by atoms with van der Waals surface area (Å²) in [7, 11) is 3.91. The monoisotopic (exact) mass is 339 g/mol. The van der Waals surface area contributed by atoms with Crippen molar-refractivity contribution in [1.82, 2.24) is 0 Å². The highest BCUT2D eigenvalue weighted by Crippen LogP contribution is 2.17. The topological polar surface area (TPSA) is 61.4 Å². The van der Waals surface area contributed by atoms with Crippen LogP contribution in [-0.2, 0) is 4.79 Å². The number of hydrogen-bond donors (Lipinski definition) is 2. The molecular formula is C20H25N3O2. The SMILES string of the molecule is CC(C)CC(=O)Nc1ccc(NC(=O)c2ccc(N(C)C)cc2)cc1. The van der Waals surface area contributed by atoms with E-state index in [1.165, 1.54) is 0 Å². The van der Waals surface area contributed by atoms with E-state index in [0.29, 0.717) is 23.6 Å². The summed E-state index contributed by atoms with van der Waals surface area (Å²) in [5.74, 6) is 0.145. The molecule has 2 aromatic rings. The maximum Gasteiger partial charge on any atom is 0.255 e. The molecule has 0 aliphatic carbocycles. The largest absolute Gasteiger partial charge is 0.378 e. The van der Waals surface area contributed by atoms with Crippen LogP contribution in [0.25, 0.3) is 0 Å². The zero-order valence-electron chi connectivity index (χ0n) is 15.2. The normalized spacial score (nSPS) is 10.4. The van der Waals surface area contributed by atoms with Crippen molar-refractivity contribution in [3.8, 4) is 0 Å². The summed E-state index contributed by atoms with van der Waals surface area (Å²) in [4.78, 5) is 26.0. The molecule has 0 aliphatic rings. The van der Waals surface area contributed by atoms with E-state index in [1.807, 2.05) is 45.0 Å². The fraction of sp³-hybridized carbons (Fsp3) is 0.300. The predicted molar refractivity (Wildman–Crippen MR) is 103 cm³/mol. The van der Waals surface area contributed by atoms with Gasteiger partial charge in [-0.05, 0) is 54.4 Å². The average Bonchev–Trinajstić information content (AvgIpc) is 2.56. The van der Waals surface area contributed by atoms with Gasteiger partial charge in [0.15, 0.2) is 0 Å². The van der Waals surface area contributed by atoms with E-state index >= 15 is 0 Å². The number of anilines is 3. The number of carbonyl (C=O) groups excluding carboxylic acids is 2. The zero-order chi connectivity index (χ0) is 18.4. The molecule has 0 spiro atoms. The van der Waals surface area contributed by atoms with Gasteiger partial charge in [0.2, 0.25) is 5.91 Å². The molecule has 0 atom stereocenters. The molecule has 0 aromatic heterocycles. The second-order valence-corrected chi connectivity index (χ2v) is 6.62. The van der Waals surface area contributed by atoms with E-state index < -0.39 is 0 Å². The molecule has 2 aromatic carbocycles. The summed E-state index contributed by atoms with van der Waals surface area (Å²) >= 11 is 0. The molecule has 25 heavy (non-hydrogen) atoms. The van der Waals surface area contributed by atoms with Gasteiger partial charge < -0.3 is 15.5 Å². The Bertz CT molecular complexity index is 720. The van der Waals surface area contributed by atoms with Crippen molar-refractivity contribution >= 4 is 28.9 Å². The molecule has 132 valence electrons. The Morgan fingerprint density at radius 3 is 1.88 bits per heavy atom. The van der Waals surface area contributed by atoms with E-state index in [-0.39, 0.29) is 11.8 Å². The Kier molecular flexibility index (Phi) is 6.17. The minimum Gasteiger partial charge on any atom is -0.378 e. The van der Waals surface area contributed by atoms with Crippen LogP contribution in [0.4, 0.5) is 17.1 Å². The van der Waals surface area contributed by atoms with E-state index in [1.54, 1.807) is 36.4 Å². The third kappa shape index (κ3) is 5.64. The molecule has 0 saturated heterocycles. The van der Waals surface area contributed by atoms with Crippen LogP contribution in [0, 0.1) is 5.92 Å². The number of nitrogens with zero attached hydrogens (tertiary/aromatic N) is 1. The average molecular weight is 339 g/mol. The summed E-state index contributed by atoms with van der Waals surface area (Å²) in [6.45, 7) is 4.01. The van der Waals surface area contributed by atoms with E-state index in [2.05, 4.69) is 10.6 Å². The van der Waals surface area contributed by atoms with Crippen LogP contribution in [0.2, 0.25) is 0 Å². The molecule has 0 fully saturated rings. The second kappa shape index (κ2) is 8.33. The van der Waals surface area contributed by atoms with Gasteiger partial charge in [0.25, 0.3) is 5.91 Å². The highest BCUT2D eigenvalue weighted by atomic mass is 16.2. The van der Waals surface area contributed by atoms with Gasteiger partial charge >= 0.3 is 0 Å². The van der Waals surface area contributed by atoms with Crippen LogP contribution >= 0.6 is 0 Å². The first-order chi connectivity index (χ1) is 11.8. The zero-order valence-corrected chi connectivity index (χ0v) is 15.2. The summed E-state index contributed by atoms with van der Waals surface area (Å²) in [6, 6.07) is 14.5. The lowest BCUT2D eigenvalue weighted by Gasteiger charge is -2.13. The number of benzene rings is 2. The first kappa shape index (κ1) is 18.5. The number of nitrogens with one attached hydrogen (secondary N) is 2. The van der Waals surface area contributed by atoms with Crippen LogP contribution in [-0.4, -0.2) is 25.9 Å². The van der Waals surface area contributed by atoms with Gasteiger partial charge in [-0.25, -0.2) is 0 Å². The molecule has 0 saturated carbocycles. The van der Waals surface area contributed by atoms with Crippen molar-refractivity contribution in [3.05, 3.63) is 54.1 Å². The van der Waals surface area contributed by atoms with Gasteiger partial charge in [-0.1, -0.05) is 13.8 Å². The number of amides is 2. The molecule has 5 nitrogen and oxygen atoms in total. The maximum absolute atomic E-state index is 12.3. The summed E-state index contributed by atoms with van der Waals surface area (Å²) < 4.78 is 0. The molecule has 0 radical (unpaired) electrons. The number of carbonyl (C=O) groups is 2. The number of rotatable bonds is 6. The molecule has 5 heteroatoms. The smallest absolute Gasteiger partial charge is 0.255 e. The molecule has 0 heterocycles. The Hall–Kier alpha value is -2.82.